The van der Waals surface area contributed by atoms with Gasteiger partial charge in [-0.1, -0.05) is 5.92 Å². The van der Waals surface area contributed by atoms with Crippen LogP contribution in [-0.2, 0) is 14.3 Å². The summed E-state index contributed by atoms with van der Waals surface area (Å²) in [5, 5.41) is 5.30. The van der Waals surface area contributed by atoms with Crippen LogP contribution >= 0.6 is 0 Å². The minimum atomic E-state index is -0.531. The SMILES string of the molecule is C#CCNCC(=O)NCCOCC(N)=O. The van der Waals surface area contributed by atoms with Crippen LogP contribution < -0.4 is 16.4 Å². The summed E-state index contributed by atoms with van der Waals surface area (Å²) >= 11 is 0. The van der Waals surface area contributed by atoms with Crippen molar-refractivity contribution < 1.29 is 14.3 Å². The molecule has 0 bridgehead atoms. The lowest BCUT2D eigenvalue weighted by Gasteiger charge is -2.05. The maximum absolute atomic E-state index is 11.0. The van der Waals surface area contributed by atoms with Gasteiger partial charge in [0.1, 0.15) is 6.61 Å². The zero-order chi connectivity index (χ0) is 11.5. The van der Waals surface area contributed by atoms with Crippen LogP contribution in [-0.4, -0.2) is 44.7 Å². The van der Waals surface area contributed by atoms with Crippen LogP contribution in [0, 0.1) is 12.3 Å². The van der Waals surface area contributed by atoms with Gasteiger partial charge in [-0.3, -0.25) is 14.9 Å². The van der Waals surface area contributed by atoms with Crippen molar-refractivity contribution in [3.05, 3.63) is 0 Å². The van der Waals surface area contributed by atoms with E-state index in [1.54, 1.807) is 0 Å². The first-order chi connectivity index (χ1) is 7.16. The highest BCUT2D eigenvalue weighted by Gasteiger charge is 1.99. The fourth-order valence-corrected chi connectivity index (χ4v) is 0.746. The lowest BCUT2D eigenvalue weighted by atomic mass is 10.5. The summed E-state index contributed by atoms with van der Waals surface area (Å²) in [6.07, 6.45) is 4.97. The molecule has 15 heavy (non-hydrogen) atoms. The lowest BCUT2D eigenvalue weighted by Crippen LogP contribution is -2.36. The summed E-state index contributed by atoms with van der Waals surface area (Å²) in [4.78, 5) is 21.3. The molecule has 6 nitrogen and oxygen atoms in total. The minimum absolute atomic E-state index is 0.134. The standard InChI is InChI=1S/C9H15N3O3/c1-2-3-11-6-9(14)12-4-5-15-7-8(10)13/h1,11H,3-7H2,(H2,10,13)(H,12,14). The zero-order valence-electron chi connectivity index (χ0n) is 8.41. The first-order valence-corrected chi connectivity index (χ1v) is 4.43. The summed E-state index contributed by atoms with van der Waals surface area (Å²) < 4.78 is 4.83. The third-order valence-corrected chi connectivity index (χ3v) is 1.33. The summed E-state index contributed by atoms with van der Waals surface area (Å²) in [5.41, 5.74) is 4.84. The van der Waals surface area contributed by atoms with Gasteiger partial charge in [0.2, 0.25) is 11.8 Å². The van der Waals surface area contributed by atoms with Crippen LogP contribution in [0.5, 0.6) is 0 Å². The highest BCUT2D eigenvalue weighted by molar-refractivity contribution is 5.78. The monoisotopic (exact) mass is 213 g/mol. The predicted molar refractivity (Wildman–Crippen MR) is 54.7 cm³/mol. The van der Waals surface area contributed by atoms with E-state index in [1.807, 2.05) is 0 Å². The lowest BCUT2D eigenvalue weighted by molar-refractivity contribution is -0.122. The van der Waals surface area contributed by atoms with Crippen LogP contribution in [0.15, 0.2) is 0 Å². The molecule has 0 unspecified atom stereocenters. The van der Waals surface area contributed by atoms with Crippen molar-refractivity contribution in [1.29, 1.82) is 0 Å². The van der Waals surface area contributed by atoms with Crippen LogP contribution in [0.1, 0.15) is 0 Å². The van der Waals surface area contributed by atoms with Gasteiger partial charge in [-0.05, 0) is 0 Å². The van der Waals surface area contributed by atoms with E-state index in [9.17, 15) is 9.59 Å². The molecule has 2 amide bonds. The molecule has 0 atom stereocenters. The molecule has 0 spiro atoms. The van der Waals surface area contributed by atoms with E-state index in [4.69, 9.17) is 16.9 Å². The topological polar surface area (TPSA) is 93.4 Å². The molecule has 0 aromatic heterocycles. The Labute approximate surface area is 88.5 Å². The van der Waals surface area contributed by atoms with Crippen molar-refractivity contribution in [1.82, 2.24) is 10.6 Å². The molecule has 0 aliphatic rings. The largest absolute Gasteiger partial charge is 0.370 e. The number of hydrogen-bond acceptors (Lipinski definition) is 4. The summed E-state index contributed by atoms with van der Waals surface area (Å²) in [7, 11) is 0. The minimum Gasteiger partial charge on any atom is -0.370 e. The van der Waals surface area contributed by atoms with E-state index in [0.717, 1.165) is 0 Å². The predicted octanol–water partition coefficient (Wildman–Crippen LogP) is -2.17. The van der Waals surface area contributed by atoms with Crippen molar-refractivity contribution in [2.45, 2.75) is 0 Å². The smallest absolute Gasteiger partial charge is 0.243 e. The van der Waals surface area contributed by atoms with Gasteiger partial charge in [0, 0.05) is 6.54 Å². The molecule has 0 radical (unpaired) electrons. The normalized spacial score (nSPS) is 9.27. The van der Waals surface area contributed by atoms with Gasteiger partial charge < -0.3 is 15.8 Å². The maximum Gasteiger partial charge on any atom is 0.243 e. The van der Waals surface area contributed by atoms with Gasteiger partial charge in [0.25, 0.3) is 0 Å². The average Bonchev–Trinajstić information content (AvgIpc) is 2.17. The van der Waals surface area contributed by atoms with Gasteiger partial charge >= 0.3 is 0 Å². The summed E-state index contributed by atoms with van der Waals surface area (Å²) in [6, 6.07) is 0. The number of nitrogens with two attached hydrogens (primary N) is 1. The van der Waals surface area contributed by atoms with Gasteiger partial charge in [-0.15, -0.1) is 6.42 Å². The highest BCUT2D eigenvalue weighted by Crippen LogP contribution is 1.72. The molecule has 0 aliphatic heterocycles. The second kappa shape index (κ2) is 8.99. The summed E-state index contributed by atoms with van der Waals surface area (Å²) in [5.74, 6) is 1.64. The number of ether oxygens (including phenoxy) is 1. The molecule has 0 aromatic carbocycles. The quantitative estimate of drug-likeness (QED) is 0.316. The Balaban J connectivity index is 3.24. The van der Waals surface area contributed by atoms with E-state index >= 15 is 0 Å². The molecular weight excluding hydrogens is 198 g/mol. The molecule has 0 aliphatic carbocycles. The van der Waals surface area contributed by atoms with Crippen molar-refractivity contribution in [2.75, 3.05) is 32.8 Å². The van der Waals surface area contributed by atoms with Crippen molar-refractivity contribution in [3.63, 3.8) is 0 Å². The molecular formula is C9H15N3O3. The second-order valence-electron chi connectivity index (χ2n) is 2.68. The van der Waals surface area contributed by atoms with Crippen molar-refractivity contribution in [3.8, 4) is 12.3 Å². The maximum atomic E-state index is 11.0. The Morgan fingerprint density at radius 1 is 1.47 bits per heavy atom. The van der Waals surface area contributed by atoms with E-state index in [1.165, 1.54) is 0 Å². The fraction of sp³-hybridized carbons (Fsp3) is 0.556. The van der Waals surface area contributed by atoms with E-state index in [-0.39, 0.29) is 25.7 Å². The number of carbonyl (C=O) groups is 2. The number of terminal acetylenes is 1. The summed E-state index contributed by atoms with van der Waals surface area (Å²) in [6.45, 7) is 0.977. The van der Waals surface area contributed by atoms with E-state index in [0.29, 0.717) is 13.1 Å². The van der Waals surface area contributed by atoms with E-state index < -0.39 is 5.91 Å². The van der Waals surface area contributed by atoms with Crippen molar-refractivity contribution >= 4 is 11.8 Å². The highest BCUT2D eigenvalue weighted by atomic mass is 16.5. The second-order valence-corrected chi connectivity index (χ2v) is 2.68. The Bertz CT molecular complexity index is 247. The fourth-order valence-electron chi connectivity index (χ4n) is 0.746. The number of hydrogen-bond donors (Lipinski definition) is 3. The third-order valence-electron chi connectivity index (χ3n) is 1.33. The molecule has 4 N–H and O–H groups in total. The number of rotatable bonds is 8. The van der Waals surface area contributed by atoms with Gasteiger partial charge in [-0.2, -0.15) is 0 Å². The number of carbonyl (C=O) groups excluding carboxylic acids is 2. The molecule has 6 heteroatoms. The van der Waals surface area contributed by atoms with Gasteiger partial charge in [0.05, 0.1) is 19.7 Å². The van der Waals surface area contributed by atoms with Crippen molar-refractivity contribution in [2.24, 2.45) is 5.73 Å². The van der Waals surface area contributed by atoms with Gasteiger partial charge in [0.15, 0.2) is 0 Å². The molecule has 0 saturated carbocycles. The molecule has 0 fully saturated rings. The molecule has 0 aromatic rings. The van der Waals surface area contributed by atoms with Gasteiger partial charge in [-0.25, -0.2) is 0 Å². The molecule has 0 rings (SSSR count). The Morgan fingerprint density at radius 2 is 2.20 bits per heavy atom. The number of nitrogens with one attached hydrogen (secondary N) is 2. The number of primary amides is 1. The van der Waals surface area contributed by atoms with Crippen LogP contribution in [0.4, 0.5) is 0 Å². The van der Waals surface area contributed by atoms with E-state index in [2.05, 4.69) is 16.6 Å². The first kappa shape index (κ1) is 13.4. The Hall–Kier alpha value is -1.58. The number of amides is 2. The average molecular weight is 213 g/mol. The Kier molecular flexibility index (Phi) is 8.05. The third kappa shape index (κ3) is 10.3. The zero-order valence-corrected chi connectivity index (χ0v) is 8.41. The molecule has 0 saturated heterocycles. The van der Waals surface area contributed by atoms with Crippen LogP contribution in [0.3, 0.4) is 0 Å². The van der Waals surface area contributed by atoms with Crippen LogP contribution in [0.2, 0.25) is 0 Å². The molecule has 0 heterocycles. The van der Waals surface area contributed by atoms with Crippen LogP contribution in [0.25, 0.3) is 0 Å². The first-order valence-electron chi connectivity index (χ1n) is 4.43. The Morgan fingerprint density at radius 3 is 2.80 bits per heavy atom. The molecule has 84 valence electrons.